The Labute approximate surface area is 131 Å². The van der Waals surface area contributed by atoms with Crippen LogP contribution in [-0.4, -0.2) is 24.6 Å². The third kappa shape index (κ3) is 13.5. The molecule has 0 saturated heterocycles. The van der Waals surface area contributed by atoms with Gasteiger partial charge in [0.1, 0.15) is 6.10 Å². The summed E-state index contributed by atoms with van der Waals surface area (Å²) in [6, 6.07) is 0. The Hall–Kier alpha value is -2.90. The normalized spacial score (nSPS) is 10.5. The zero-order valence-electron chi connectivity index (χ0n) is 12.9. The van der Waals surface area contributed by atoms with Gasteiger partial charge >= 0.3 is 11.9 Å². The number of carbonyl (C=O) groups excluding carboxylic acids is 2. The predicted molar refractivity (Wildman–Crippen MR) is 84.1 cm³/mol. The third-order valence-electron chi connectivity index (χ3n) is 2.03. The summed E-state index contributed by atoms with van der Waals surface area (Å²) in [5.41, 5.74) is 0. The number of ether oxygens (including phenoxy) is 2. The fourth-order valence-corrected chi connectivity index (χ4v) is 1.22. The number of allylic oxidation sites excluding steroid dienone is 3. The molecule has 0 unspecified atom stereocenters. The van der Waals surface area contributed by atoms with Crippen LogP contribution < -0.4 is 0 Å². The van der Waals surface area contributed by atoms with E-state index in [-0.39, 0.29) is 12.6 Å². The molecule has 4 heteroatoms. The van der Waals surface area contributed by atoms with E-state index in [1.54, 1.807) is 31.2 Å². The van der Waals surface area contributed by atoms with E-state index in [1.807, 2.05) is 0 Å². The summed E-state index contributed by atoms with van der Waals surface area (Å²) in [5.74, 6) is 14.9. The maximum Gasteiger partial charge on any atom is 0.303 e. The van der Waals surface area contributed by atoms with Gasteiger partial charge in [-0.05, 0) is 42.8 Å². The maximum atomic E-state index is 11.0. The summed E-state index contributed by atoms with van der Waals surface area (Å²) >= 11 is 0. The highest BCUT2D eigenvalue weighted by atomic mass is 16.6. The quantitative estimate of drug-likeness (QED) is 0.428. The first-order valence-electron chi connectivity index (χ1n) is 6.62. The van der Waals surface area contributed by atoms with E-state index in [0.717, 1.165) is 0 Å². The minimum Gasteiger partial charge on any atom is -0.466 e. The minimum atomic E-state index is -0.450. The second kappa shape index (κ2) is 13.1. The van der Waals surface area contributed by atoms with Gasteiger partial charge in [0.15, 0.2) is 0 Å². The Morgan fingerprint density at radius 3 is 2.41 bits per heavy atom. The first-order valence-corrected chi connectivity index (χ1v) is 6.62. The molecule has 1 atom stereocenters. The van der Waals surface area contributed by atoms with Crippen molar-refractivity contribution < 1.29 is 19.1 Å². The van der Waals surface area contributed by atoms with Gasteiger partial charge in [0.2, 0.25) is 0 Å². The molecule has 0 aliphatic heterocycles. The molecule has 0 heterocycles. The van der Waals surface area contributed by atoms with Crippen molar-refractivity contribution in [2.75, 3.05) is 6.61 Å². The van der Waals surface area contributed by atoms with E-state index in [1.165, 1.54) is 13.8 Å². The van der Waals surface area contributed by atoms with Crippen LogP contribution in [0.2, 0.25) is 0 Å². The zero-order valence-corrected chi connectivity index (χ0v) is 12.9. The molecule has 0 aromatic rings. The Balaban J connectivity index is 4.38. The molecule has 4 nitrogen and oxygen atoms in total. The lowest BCUT2D eigenvalue weighted by Crippen LogP contribution is -2.17. The zero-order chi connectivity index (χ0) is 16.6. The van der Waals surface area contributed by atoms with Crippen molar-refractivity contribution in [3.63, 3.8) is 0 Å². The highest BCUT2D eigenvalue weighted by molar-refractivity contribution is 5.66. The molecule has 22 heavy (non-hydrogen) atoms. The van der Waals surface area contributed by atoms with Gasteiger partial charge in [0.05, 0.1) is 6.61 Å². The highest BCUT2D eigenvalue weighted by Gasteiger charge is 2.08. The van der Waals surface area contributed by atoms with Crippen molar-refractivity contribution in [2.24, 2.45) is 0 Å². The Morgan fingerprint density at radius 2 is 1.77 bits per heavy atom. The molecule has 0 amide bonds. The van der Waals surface area contributed by atoms with Gasteiger partial charge in [-0.2, -0.15) is 0 Å². The van der Waals surface area contributed by atoms with Gasteiger partial charge in [-0.15, -0.1) is 0 Å². The minimum absolute atomic E-state index is 0.190. The van der Waals surface area contributed by atoms with Crippen LogP contribution in [0.1, 0.15) is 27.2 Å². The standard InChI is InChI=1S/C18H18O4/c1-4-5-6-7-8-9-10-11-12-13-18(22-17(3)20)14-15-21-16(2)19/h10-13,18H,14-15H2,1-3H3/t18-/m1/s1. The molecular weight excluding hydrogens is 280 g/mol. The molecule has 0 aliphatic rings. The van der Waals surface area contributed by atoms with Crippen molar-refractivity contribution in [3.8, 4) is 35.5 Å². The number of carbonyl (C=O) groups is 2. The summed E-state index contributed by atoms with van der Waals surface area (Å²) in [6.45, 7) is 4.54. The van der Waals surface area contributed by atoms with Crippen molar-refractivity contribution >= 4 is 11.9 Å². The Bertz CT molecular complexity index is 607. The van der Waals surface area contributed by atoms with E-state index in [9.17, 15) is 9.59 Å². The summed E-state index contributed by atoms with van der Waals surface area (Å²) < 4.78 is 9.89. The van der Waals surface area contributed by atoms with Gasteiger partial charge in [-0.3, -0.25) is 9.59 Å². The van der Waals surface area contributed by atoms with E-state index >= 15 is 0 Å². The van der Waals surface area contributed by atoms with E-state index in [0.29, 0.717) is 6.42 Å². The molecule has 0 aliphatic carbocycles. The lowest BCUT2D eigenvalue weighted by atomic mass is 10.2. The number of rotatable bonds is 6. The van der Waals surface area contributed by atoms with Crippen LogP contribution in [0.3, 0.4) is 0 Å². The molecule has 0 aromatic carbocycles. The van der Waals surface area contributed by atoms with Gasteiger partial charge in [0, 0.05) is 20.3 Å². The van der Waals surface area contributed by atoms with Crippen LogP contribution in [0.5, 0.6) is 0 Å². The van der Waals surface area contributed by atoms with Gasteiger partial charge in [0.25, 0.3) is 0 Å². The highest BCUT2D eigenvalue weighted by Crippen LogP contribution is 2.02. The monoisotopic (exact) mass is 298 g/mol. The van der Waals surface area contributed by atoms with Crippen LogP contribution in [0, 0.1) is 35.5 Å². The summed E-state index contributed by atoms with van der Waals surface area (Å²) in [4.78, 5) is 21.7. The Morgan fingerprint density at radius 1 is 1.05 bits per heavy atom. The molecule has 0 fully saturated rings. The first-order chi connectivity index (χ1) is 10.6. The molecule has 0 saturated carbocycles. The molecule has 114 valence electrons. The van der Waals surface area contributed by atoms with Crippen molar-refractivity contribution in [1.82, 2.24) is 0 Å². The van der Waals surface area contributed by atoms with Crippen LogP contribution >= 0.6 is 0 Å². The lowest BCUT2D eigenvalue weighted by Gasteiger charge is -2.12. The second-order valence-corrected chi connectivity index (χ2v) is 3.91. The van der Waals surface area contributed by atoms with Crippen LogP contribution in [-0.2, 0) is 19.1 Å². The number of hydrogen-bond acceptors (Lipinski definition) is 4. The molecule has 0 rings (SSSR count). The van der Waals surface area contributed by atoms with Gasteiger partial charge in [-0.1, -0.05) is 24.0 Å². The second-order valence-electron chi connectivity index (χ2n) is 3.91. The van der Waals surface area contributed by atoms with Gasteiger partial charge < -0.3 is 9.47 Å². The van der Waals surface area contributed by atoms with Crippen LogP contribution in [0.4, 0.5) is 0 Å². The van der Waals surface area contributed by atoms with E-state index in [2.05, 4.69) is 35.5 Å². The van der Waals surface area contributed by atoms with Crippen molar-refractivity contribution in [1.29, 1.82) is 0 Å². The summed E-state index contributed by atoms with van der Waals surface area (Å²) in [6.07, 6.45) is 6.65. The van der Waals surface area contributed by atoms with E-state index in [4.69, 9.17) is 9.47 Å². The average Bonchev–Trinajstić information content (AvgIpc) is 2.44. The fraction of sp³-hybridized carbons (Fsp3) is 0.333. The van der Waals surface area contributed by atoms with Gasteiger partial charge in [-0.25, -0.2) is 0 Å². The Kier molecular flexibility index (Phi) is 11.4. The predicted octanol–water partition coefficient (Wildman–Crippen LogP) is 2.01. The number of hydrogen-bond donors (Lipinski definition) is 0. The van der Waals surface area contributed by atoms with E-state index < -0.39 is 12.1 Å². The summed E-state index contributed by atoms with van der Waals surface area (Å²) in [7, 11) is 0. The molecule has 0 bridgehead atoms. The van der Waals surface area contributed by atoms with Crippen molar-refractivity contribution in [2.45, 2.75) is 33.3 Å². The SMILES string of the molecule is CC#CC#CC#CC=CC=C[C@H](CCOC(C)=O)OC(C)=O. The fourth-order valence-electron chi connectivity index (χ4n) is 1.22. The largest absolute Gasteiger partial charge is 0.466 e. The molecule has 0 radical (unpaired) electrons. The molecular formula is C18H18O4. The maximum absolute atomic E-state index is 11.0. The topological polar surface area (TPSA) is 52.6 Å². The third-order valence-corrected chi connectivity index (χ3v) is 2.03. The summed E-state index contributed by atoms with van der Waals surface area (Å²) in [5, 5.41) is 0. The molecule has 0 spiro atoms. The van der Waals surface area contributed by atoms with Crippen LogP contribution in [0.25, 0.3) is 0 Å². The van der Waals surface area contributed by atoms with Crippen molar-refractivity contribution in [3.05, 3.63) is 24.3 Å². The number of esters is 2. The first kappa shape index (κ1) is 19.1. The average molecular weight is 298 g/mol. The smallest absolute Gasteiger partial charge is 0.303 e. The lowest BCUT2D eigenvalue weighted by molar-refractivity contribution is -0.146. The molecule has 0 N–H and O–H groups in total. The molecule has 0 aromatic heterocycles. The van der Waals surface area contributed by atoms with Crippen LogP contribution in [0.15, 0.2) is 24.3 Å².